The van der Waals surface area contributed by atoms with Crippen LogP contribution in [0, 0.1) is 6.92 Å². The summed E-state index contributed by atoms with van der Waals surface area (Å²) in [5.41, 5.74) is 2.86. The summed E-state index contributed by atoms with van der Waals surface area (Å²) in [7, 11) is 0. The van der Waals surface area contributed by atoms with E-state index in [-0.39, 0.29) is 17.7 Å². The van der Waals surface area contributed by atoms with Crippen LogP contribution in [0.4, 0.5) is 0 Å². The second-order valence-corrected chi connectivity index (χ2v) is 9.60. The van der Waals surface area contributed by atoms with E-state index in [9.17, 15) is 4.79 Å². The van der Waals surface area contributed by atoms with E-state index >= 15 is 0 Å². The van der Waals surface area contributed by atoms with Crippen molar-refractivity contribution in [2.75, 3.05) is 6.61 Å². The van der Waals surface area contributed by atoms with Crippen molar-refractivity contribution in [1.29, 1.82) is 0 Å². The summed E-state index contributed by atoms with van der Waals surface area (Å²) in [6, 6.07) is 8.69. The molecule has 2 aliphatic rings. The molecule has 3 aromatic rings. The Kier molecular flexibility index (Phi) is 6.55. The Bertz CT molecular complexity index is 1140. The first-order valence-electron chi connectivity index (χ1n) is 12.4. The topological polar surface area (TPSA) is 88.9 Å². The quantitative estimate of drug-likeness (QED) is 0.560. The molecule has 1 aliphatic carbocycles. The first-order chi connectivity index (χ1) is 16.1. The van der Waals surface area contributed by atoms with Crippen LogP contribution in [0.15, 0.2) is 29.1 Å². The molecule has 5 rings (SSSR count). The maximum absolute atomic E-state index is 13.0. The van der Waals surface area contributed by atoms with E-state index in [2.05, 4.69) is 51.4 Å². The lowest BCUT2D eigenvalue weighted by Gasteiger charge is -2.35. The zero-order valence-electron chi connectivity index (χ0n) is 19.7. The predicted octanol–water partition coefficient (Wildman–Crippen LogP) is 3.90. The molecule has 1 N–H and O–H groups in total. The zero-order valence-corrected chi connectivity index (χ0v) is 19.7. The molecule has 0 spiro atoms. The maximum atomic E-state index is 13.0. The standard InChI is InChI=1S/C25H34N6O2/c1-3-23(24-27-28-29-31(24)16-21-9-6-12-33-21)30(20-7-4-5-8-20)15-19-14-18-13-17(2)10-11-22(18)26-25(19)32/h10-11,13-14,20-21,23H,3-9,12,15-16H2,1-2H3,(H,26,32)/t21-,23+/m1/s1. The number of aryl methyl sites for hydroxylation is 1. The number of ether oxygens (including phenoxy) is 1. The van der Waals surface area contributed by atoms with Crippen LogP contribution in [0.1, 0.15) is 74.9 Å². The van der Waals surface area contributed by atoms with Gasteiger partial charge in [0, 0.05) is 30.3 Å². The zero-order chi connectivity index (χ0) is 22.8. The number of nitrogens with one attached hydrogen (secondary N) is 1. The Hall–Kier alpha value is -2.58. The van der Waals surface area contributed by atoms with Crippen LogP contribution >= 0.6 is 0 Å². The fourth-order valence-corrected chi connectivity index (χ4v) is 5.54. The van der Waals surface area contributed by atoms with Crippen LogP contribution in [-0.2, 0) is 17.8 Å². The second kappa shape index (κ2) is 9.73. The van der Waals surface area contributed by atoms with Crippen molar-refractivity contribution in [3.8, 4) is 0 Å². The van der Waals surface area contributed by atoms with Gasteiger partial charge in [-0.25, -0.2) is 4.68 Å². The van der Waals surface area contributed by atoms with Gasteiger partial charge in [0.25, 0.3) is 5.56 Å². The highest BCUT2D eigenvalue weighted by Crippen LogP contribution is 2.34. The Morgan fingerprint density at radius 2 is 2.06 bits per heavy atom. The first-order valence-corrected chi connectivity index (χ1v) is 12.4. The van der Waals surface area contributed by atoms with Crippen molar-refractivity contribution in [2.24, 2.45) is 0 Å². The lowest BCUT2D eigenvalue weighted by molar-refractivity contribution is 0.0839. The predicted molar refractivity (Wildman–Crippen MR) is 127 cm³/mol. The van der Waals surface area contributed by atoms with Gasteiger partial charge in [-0.3, -0.25) is 9.69 Å². The van der Waals surface area contributed by atoms with Crippen LogP contribution in [-0.4, -0.2) is 48.8 Å². The van der Waals surface area contributed by atoms with Crippen LogP contribution in [0.3, 0.4) is 0 Å². The number of aromatic nitrogens is 5. The van der Waals surface area contributed by atoms with Gasteiger partial charge in [-0.2, -0.15) is 0 Å². The van der Waals surface area contributed by atoms with Gasteiger partial charge in [-0.05, 0) is 73.0 Å². The number of H-pyrrole nitrogens is 1. The summed E-state index contributed by atoms with van der Waals surface area (Å²) in [5, 5.41) is 13.9. The molecule has 2 atom stereocenters. The Labute approximate surface area is 194 Å². The van der Waals surface area contributed by atoms with Crippen LogP contribution < -0.4 is 5.56 Å². The molecular weight excluding hydrogens is 416 g/mol. The van der Waals surface area contributed by atoms with Gasteiger partial charge in [-0.1, -0.05) is 31.4 Å². The third-order valence-electron chi connectivity index (χ3n) is 7.27. The van der Waals surface area contributed by atoms with Crippen molar-refractivity contribution in [2.45, 2.75) is 90.1 Å². The van der Waals surface area contributed by atoms with E-state index < -0.39 is 0 Å². The highest BCUT2D eigenvalue weighted by Gasteiger charge is 2.33. The number of benzene rings is 1. The van der Waals surface area contributed by atoms with Crippen molar-refractivity contribution in [3.05, 3.63) is 51.6 Å². The normalized spacial score (nSPS) is 20.3. The van der Waals surface area contributed by atoms with Gasteiger partial charge in [-0.15, -0.1) is 5.10 Å². The molecule has 1 saturated heterocycles. The molecule has 8 heteroatoms. The highest BCUT2D eigenvalue weighted by molar-refractivity contribution is 5.79. The molecule has 1 saturated carbocycles. The van der Waals surface area contributed by atoms with Gasteiger partial charge in [0.15, 0.2) is 5.82 Å². The number of hydrogen-bond donors (Lipinski definition) is 1. The molecule has 0 radical (unpaired) electrons. The monoisotopic (exact) mass is 450 g/mol. The fourth-order valence-electron chi connectivity index (χ4n) is 5.54. The summed E-state index contributed by atoms with van der Waals surface area (Å²) in [5.74, 6) is 0.882. The van der Waals surface area contributed by atoms with E-state index in [1.807, 2.05) is 16.8 Å². The number of nitrogens with zero attached hydrogens (tertiary/aromatic N) is 5. The maximum Gasteiger partial charge on any atom is 0.252 e. The lowest BCUT2D eigenvalue weighted by Crippen LogP contribution is -2.39. The second-order valence-electron chi connectivity index (χ2n) is 9.60. The minimum absolute atomic E-state index is 0.0110. The molecular formula is C25H34N6O2. The van der Waals surface area contributed by atoms with Gasteiger partial charge < -0.3 is 9.72 Å². The van der Waals surface area contributed by atoms with Gasteiger partial charge >= 0.3 is 0 Å². The Morgan fingerprint density at radius 1 is 1.21 bits per heavy atom. The average molecular weight is 451 g/mol. The molecule has 1 aromatic carbocycles. The van der Waals surface area contributed by atoms with E-state index in [4.69, 9.17) is 4.74 Å². The first kappa shape index (κ1) is 22.2. The van der Waals surface area contributed by atoms with Crippen LogP contribution in [0.5, 0.6) is 0 Å². The average Bonchev–Trinajstić information content (AvgIpc) is 3.58. The van der Waals surface area contributed by atoms with Crippen molar-refractivity contribution < 1.29 is 4.74 Å². The van der Waals surface area contributed by atoms with Crippen molar-refractivity contribution >= 4 is 10.9 Å². The number of pyridine rings is 1. The molecule has 0 bridgehead atoms. The molecule has 1 aliphatic heterocycles. The lowest BCUT2D eigenvalue weighted by atomic mass is 10.0. The fraction of sp³-hybridized carbons (Fsp3) is 0.600. The molecule has 8 nitrogen and oxygen atoms in total. The van der Waals surface area contributed by atoms with Crippen molar-refractivity contribution in [3.63, 3.8) is 0 Å². The van der Waals surface area contributed by atoms with Crippen LogP contribution in [0.25, 0.3) is 10.9 Å². The van der Waals surface area contributed by atoms with Gasteiger partial charge in [0.2, 0.25) is 0 Å². The third-order valence-corrected chi connectivity index (χ3v) is 7.27. The van der Waals surface area contributed by atoms with Crippen molar-refractivity contribution in [1.82, 2.24) is 30.1 Å². The number of fused-ring (bicyclic) bond motifs is 1. The molecule has 0 unspecified atom stereocenters. The number of rotatable bonds is 8. The summed E-state index contributed by atoms with van der Waals surface area (Å²) in [6.45, 7) is 6.36. The summed E-state index contributed by atoms with van der Waals surface area (Å²) in [6.07, 6.45) is 7.95. The van der Waals surface area contributed by atoms with Gasteiger partial charge in [0.1, 0.15) is 0 Å². The minimum Gasteiger partial charge on any atom is -0.376 e. The molecule has 0 amide bonds. The van der Waals surface area contributed by atoms with E-state index in [0.717, 1.165) is 61.0 Å². The third kappa shape index (κ3) is 4.73. The highest BCUT2D eigenvalue weighted by atomic mass is 16.5. The molecule has 2 fully saturated rings. The van der Waals surface area contributed by atoms with Crippen LogP contribution in [0.2, 0.25) is 0 Å². The summed E-state index contributed by atoms with van der Waals surface area (Å²) in [4.78, 5) is 18.6. The Morgan fingerprint density at radius 3 is 2.82 bits per heavy atom. The van der Waals surface area contributed by atoms with E-state index in [1.54, 1.807) is 0 Å². The number of hydrogen-bond acceptors (Lipinski definition) is 6. The van der Waals surface area contributed by atoms with E-state index in [1.165, 1.54) is 18.4 Å². The number of tetrazole rings is 1. The largest absolute Gasteiger partial charge is 0.376 e. The number of aromatic amines is 1. The molecule has 3 heterocycles. The smallest absolute Gasteiger partial charge is 0.252 e. The minimum atomic E-state index is -0.0110. The SMILES string of the molecule is CC[C@@H](c1nnnn1C[C@H]1CCCO1)N(Cc1cc2cc(C)ccc2[nH]c1=O)C1CCCC1. The van der Waals surface area contributed by atoms with Gasteiger partial charge in [0.05, 0.1) is 18.7 Å². The molecule has 176 valence electrons. The van der Waals surface area contributed by atoms with E-state index in [0.29, 0.717) is 19.1 Å². The summed E-state index contributed by atoms with van der Waals surface area (Å²) >= 11 is 0. The molecule has 2 aromatic heterocycles. The Balaban J connectivity index is 1.48. The summed E-state index contributed by atoms with van der Waals surface area (Å²) < 4.78 is 7.77. The molecule has 33 heavy (non-hydrogen) atoms.